The van der Waals surface area contributed by atoms with Crippen LogP contribution in [0.3, 0.4) is 0 Å². The van der Waals surface area contributed by atoms with E-state index in [1.807, 2.05) is 80.7 Å². The molecular formula is C28H27FN4O3S. The van der Waals surface area contributed by atoms with Gasteiger partial charge in [-0.3, -0.25) is 4.68 Å². The molecule has 0 aliphatic heterocycles. The standard InChI is InChI=1S/C28H27FN4O3S/c1-20(2)36-25-15-21(18-30)14-22(16-25)19-33-12-10-28(32-33)26-17-24(23-6-4-3-5-7-23)8-9-27(26)31-11-13-37(29,34)35/h3-10,12,14-17,20,31H,11,13,19H2,1-2H3. The lowest BCUT2D eigenvalue weighted by Gasteiger charge is -2.13. The van der Waals surface area contributed by atoms with Gasteiger partial charge in [0.05, 0.1) is 35.7 Å². The highest BCUT2D eigenvalue weighted by Gasteiger charge is 2.13. The van der Waals surface area contributed by atoms with Crippen molar-refractivity contribution in [3.8, 4) is 34.2 Å². The summed E-state index contributed by atoms with van der Waals surface area (Å²) in [5, 5.41) is 17.2. The van der Waals surface area contributed by atoms with Crippen molar-refractivity contribution in [3.63, 3.8) is 0 Å². The molecule has 0 unspecified atom stereocenters. The zero-order chi connectivity index (χ0) is 26.4. The molecule has 0 spiro atoms. The van der Waals surface area contributed by atoms with Crippen LogP contribution in [0.25, 0.3) is 22.4 Å². The maximum Gasteiger partial charge on any atom is 0.304 e. The summed E-state index contributed by atoms with van der Waals surface area (Å²) in [6, 6.07) is 25.0. The first-order valence-corrected chi connectivity index (χ1v) is 13.4. The Morgan fingerprint density at radius 3 is 2.54 bits per heavy atom. The van der Waals surface area contributed by atoms with Gasteiger partial charge in [0.25, 0.3) is 0 Å². The van der Waals surface area contributed by atoms with Gasteiger partial charge in [0.15, 0.2) is 0 Å². The monoisotopic (exact) mass is 518 g/mol. The van der Waals surface area contributed by atoms with E-state index in [9.17, 15) is 17.6 Å². The first-order valence-electron chi connectivity index (χ1n) is 11.8. The zero-order valence-electron chi connectivity index (χ0n) is 20.6. The van der Waals surface area contributed by atoms with Crippen LogP contribution in [0.1, 0.15) is 25.0 Å². The quantitative estimate of drug-likeness (QED) is 0.273. The smallest absolute Gasteiger partial charge is 0.304 e. The second-order valence-electron chi connectivity index (χ2n) is 8.84. The van der Waals surface area contributed by atoms with Crippen LogP contribution >= 0.6 is 0 Å². The molecule has 0 bridgehead atoms. The lowest BCUT2D eigenvalue weighted by Crippen LogP contribution is -2.12. The third-order valence-corrected chi connectivity index (χ3v) is 6.21. The van der Waals surface area contributed by atoms with E-state index in [1.165, 1.54) is 0 Å². The van der Waals surface area contributed by atoms with E-state index in [1.54, 1.807) is 16.8 Å². The fourth-order valence-electron chi connectivity index (χ4n) is 3.97. The van der Waals surface area contributed by atoms with Gasteiger partial charge in [-0.25, -0.2) is 0 Å². The van der Waals surface area contributed by atoms with Crippen molar-refractivity contribution in [1.82, 2.24) is 9.78 Å². The summed E-state index contributed by atoms with van der Waals surface area (Å²) < 4.78 is 42.5. The number of nitrogens with zero attached hydrogens (tertiary/aromatic N) is 3. The predicted molar refractivity (Wildman–Crippen MR) is 143 cm³/mol. The van der Waals surface area contributed by atoms with E-state index in [2.05, 4.69) is 11.4 Å². The molecule has 0 atom stereocenters. The molecule has 190 valence electrons. The van der Waals surface area contributed by atoms with E-state index < -0.39 is 16.0 Å². The first kappa shape index (κ1) is 25.9. The molecule has 1 heterocycles. The molecule has 1 N–H and O–H groups in total. The van der Waals surface area contributed by atoms with Crippen molar-refractivity contribution in [2.24, 2.45) is 0 Å². The van der Waals surface area contributed by atoms with Crippen LogP contribution < -0.4 is 10.1 Å². The Labute approximate surface area is 216 Å². The van der Waals surface area contributed by atoms with Crippen molar-refractivity contribution in [2.75, 3.05) is 17.6 Å². The first-order chi connectivity index (χ1) is 17.7. The second-order valence-corrected chi connectivity index (χ2v) is 10.3. The number of ether oxygens (including phenoxy) is 1. The summed E-state index contributed by atoms with van der Waals surface area (Å²) in [6.07, 6.45) is 1.82. The van der Waals surface area contributed by atoms with E-state index in [4.69, 9.17) is 9.84 Å². The Morgan fingerprint density at radius 1 is 1.05 bits per heavy atom. The van der Waals surface area contributed by atoms with Gasteiger partial charge in [-0.05, 0) is 66.9 Å². The molecule has 1 aromatic heterocycles. The Balaban J connectivity index is 1.65. The van der Waals surface area contributed by atoms with Gasteiger partial charge in [0.2, 0.25) is 0 Å². The zero-order valence-corrected chi connectivity index (χ0v) is 21.4. The molecule has 0 saturated carbocycles. The fourth-order valence-corrected chi connectivity index (χ4v) is 4.31. The molecule has 0 amide bonds. The number of hydrogen-bond acceptors (Lipinski definition) is 6. The molecule has 0 aliphatic rings. The molecule has 0 fully saturated rings. The summed E-state index contributed by atoms with van der Waals surface area (Å²) in [5.74, 6) is -0.00145. The number of nitriles is 1. The van der Waals surface area contributed by atoms with Crippen molar-refractivity contribution in [1.29, 1.82) is 5.26 Å². The van der Waals surface area contributed by atoms with E-state index >= 15 is 0 Å². The molecule has 0 aliphatic carbocycles. The minimum Gasteiger partial charge on any atom is -0.491 e. The van der Waals surface area contributed by atoms with E-state index in [0.717, 1.165) is 22.3 Å². The number of aromatic nitrogens is 2. The van der Waals surface area contributed by atoms with Gasteiger partial charge in [0.1, 0.15) is 5.75 Å². The SMILES string of the molecule is CC(C)Oc1cc(C#N)cc(Cn2ccc(-c3cc(-c4ccccc4)ccc3NCCS(=O)(=O)F)n2)c1. The summed E-state index contributed by atoms with van der Waals surface area (Å²) in [5.41, 5.74) is 5.43. The Hall–Kier alpha value is -4.16. The van der Waals surface area contributed by atoms with Crippen LogP contribution in [0.5, 0.6) is 5.75 Å². The molecule has 0 radical (unpaired) electrons. The molecule has 37 heavy (non-hydrogen) atoms. The summed E-state index contributed by atoms with van der Waals surface area (Å²) in [7, 11) is -4.59. The number of halogens is 1. The maximum absolute atomic E-state index is 13.1. The topological polar surface area (TPSA) is 97.0 Å². The number of hydrogen-bond donors (Lipinski definition) is 1. The fraction of sp³-hybridized carbons (Fsp3) is 0.214. The van der Waals surface area contributed by atoms with Crippen molar-refractivity contribution in [3.05, 3.63) is 90.1 Å². The molecule has 3 aromatic carbocycles. The lowest BCUT2D eigenvalue weighted by atomic mass is 10.00. The molecular weight excluding hydrogens is 491 g/mol. The number of benzene rings is 3. The van der Waals surface area contributed by atoms with Gasteiger partial charge in [-0.2, -0.15) is 18.8 Å². The summed E-state index contributed by atoms with van der Waals surface area (Å²) in [4.78, 5) is 0. The molecule has 4 aromatic rings. The third kappa shape index (κ3) is 7.18. The minimum atomic E-state index is -4.59. The molecule has 4 rings (SSSR count). The van der Waals surface area contributed by atoms with Gasteiger partial charge in [0, 0.05) is 24.0 Å². The molecule has 7 nitrogen and oxygen atoms in total. The average molecular weight is 519 g/mol. The van der Waals surface area contributed by atoms with Gasteiger partial charge >= 0.3 is 10.2 Å². The Morgan fingerprint density at radius 2 is 1.84 bits per heavy atom. The van der Waals surface area contributed by atoms with Crippen molar-refractivity contribution in [2.45, 2.75) is 26.5 Å². The van der Waals surface area contributed by atoms with Crippen LogP contribution in [-0.2, 0) is 16.8 Å². The molecule has 9 heteroatoms. The number of rotatable bonds is 10. The van der Waals surface area contributed by atoms with Crippen molar-refractivity contribution < 1.29 is 17.0 Å². The second kappa shape index (κ2) is 11.3. The van der Waals surface area contributed by atoms with E-state index in [0.29, 0.717) is 29.2 Å². The highest BCUT2D eigenvalue weighted by molar-refractivity contribution is 7.86. The van der Waals surface area contributed by atoms with Gasteiger partial charge in [-0.15, -0.1) is 3.89 Å². The lowest BCUT2D eigenvalue weighted by molar-refractivity contribution is 0.242. The normalized spacial score (nSPS) is 11.3. The summed E-state index contributed by atoms with van der Waals surface area (Å²) in [6.45, 7) is 4.20. The van der Waals surface area contributed by atoms with Crippen LogP contribution in [0, 0.1) is 11.3 Å². The average Bonchev–Trinajstić information content (AvgIpc) is 3.31. The van der Waals surface area contributed by atoms with Crippen LogP contribution in [0.15, 0.2) is 79.0 Å². The maximum atomic E-state index is 13.1. The van der Waals surface area contributed by atoms with Crippen LogP contribution in [-0.4, -0.2) is 36.6 Å². The van der Waals surface area contributed by atoms with Crippen molar-refractivity contribution >= 4 is 15.9 Å². The van der Waals surface area contributed by atoms with Gasteiger partial charge < -0.3 is 10.1 Å². The Bertz CT molecular complexity index is 1530. The molecule has 0 saturated heterocycles. The number of anilines is 1. The highest BCUT2D eigenvalue weighted by Crippen LogP contribution is 2.32. The van der Waals surface area contributed by atoms with E-state index in [-0.39, 0.29) is 12.6 Å². The largest absolute Gasteiger partial charge is 0.491 e. The van der Waals surface area contributed by atoms with Crippen LogP contribution in [0.4, 0.5) is 9.57 Å². The highest BCUT2D eigenvalue weighted by atomic mass is 32.3. The number of nitrogens with one attached hydrogen (secondary N) is 1. The van der Waals surface area contributed by atoms with Gasteiger partial charge in [-0.1, -0.05) is 36.4 Å². The summed E-state index contributed by atoms with van der Waals surface area (Å²) >= 11 is 0. The minimum absolute atomic E-state index is 0.0201. The predicted octanol–water partition coefficient (Wildman–Crippen LogP) is 5.64. The third-order valence-electron chi connectivity index (χ3n) is 5.52. The Kier molecular flexibility index (Phi) is 7.89. The van der Waals surface area contributed by atoms with Crippen LogP contribution in [0.2, 0.25) is 0 Å².